The molecule has 16 heavy (non-hydrogen) atoms. The SMILES string of the molecule is C/N=C(\CNC)CC1=CC(C)C=C(C)C=C1. The van der Waals surface area contributed by atoms with Crippen LogP contribution in [0.2, 0.25) is 0 Å². The van der Waals surface area contributed by atoms with Crippen molar-refractivity contribution in [3.63, 3.8) is 0 Å². The van der Waals surface area contributed by atoms with Crippen LogP contribution in [-0.2, 0) is 0 Å². The third-order valence-corrected chi connectivity index (χ3v) is 2.67. The van der Waals surface area contributed by atoms with Crippen molar-refractivity contribution in [3.05, 3.63) is 35.5 Å². The average Bonchev–Trinajstić information content (AvgIpc) is 2.39. The van der Waals surface area contributed by atoms with Crippen molar-refractivity contribution in [1.82, 2.24) is 5.32 Å². The molecule has 0 radical (unpaired) electrons. The molecule has 1 N–H and O–H groups in total. The Morgan fingerprint density at radius 1 is 1.38 bits per heavy atom. The number of hydrogen-bond acceptors (Lipinski definition) is 2. The highest BCUT2D eigenvalue weighted by atomic mass is 14.8. The van der Waals surface area contributed by atoms with Crippen LogP contribution in [0, 0.1) is 5.92 Å². The molecule has 0 bridgehead atoms. The summed E-state index contributed by atoms with van der Waals surface area (Å²) in [6, 6.07) is 0. The summed E-state index contributed by atoms with van der Waals surface area (Å²) in [4.78, 5) is 4.31. The summed E-state index contributed by atoms with van der Waals surface area (Å²) in [5, 5.41) is 3.15. The van der Waals surface area contributed by atoms with Crippen molar-refractivity contribution in [2.24, 2.45) is 10.9 Å². The highest BCUT2D eigenvalue weighted by molar-refractivity contribution is 5.88. The van der Waals surface area contributed by atoms with E-state index in [0.29, 0.717) is 5.92 Å². The van der Waals surface area contributed by atoms with E-state index in [2.05, 4.69) is 48.5 Å². The quantitative estimate of drug-likeness (QED) is 0.721. The van der Waals surface area contributed by atoms with Crippen molar-refractivity contribution in [3.8, 4) is 0 Å². The van der Waals surface area contributed by atoms with Gasteiger partial charge in [0.2, 0.25) is 0 Å². The Labute approximate surface area is 98.9 Å². The highest BCUT2D eigenvalue weighted by Gasteiger charge is 2.05. The number of hydrogen-bond donors (Lipinski definition) is 1. The summed E-state index contributed by atoms with van der Waals surface area (Å²) in [6.45, 7) is 5.23. The third-order valence-electron chi connectivity index (χ3n) is 2.67. The minimum absolute atomic E-state index is 0.512. The summed E-state index contributed by atoms with van der Waals surface area (Å²) >= 11 is 0. The van der Waals surface area contributed by atoms with Crippen LogP contribution in [0.15, 0.2) is 40.4 Å². The molecule has 0 aliphatic heterocycles. The Bertz CT molecular complexity index is 346. The fourth-order valence-electron chi connectivity index (χ4n) is 1.93. The zero-order chi connectivity index (χ0) is 12.0. The molecular weight excluding hydrogens is 196 g/mol. The van der Waals surface area contributed by atoms with E-state index in [9.17, 15) is 0 Å². The average molecular weight is 218 g/mol. The first kappa shape index (κ1) is 12.9. The van der Waals surface area contributed by atoms with E-state index in [1.807, 2.05) is 14.1 Å². The maximum Gasteiger partial charge on any atom is 0.0336 e. The molecule has 1 rings (SSSR count). The standard InChI is InChI=1S/C14H22N2/c1-11-5-6-13(8-12(2)7-11)9-14(16-4)10-15-3/h5-8,12,15H,9-10H2,1-4H3/b16-14-. The van der Waals surface area contributed by atoms with Crippen LogP contribution < -0.4 is 5.32 Å². The number of rotatable bonds is 4. The number of nitrogens with one attached hydrogen (secondary N) is 1. The van der Waals surface area contributed by atoms with E-state index in [1.165, 1.54) is 16.9 Å². The minimum Gasteiger partial charge on any atom is -0.315 e. The molecule has 2 nitrogen and oxygen atoms in total. The lowest BCUT2D eigenvalue weighted by atomic mass is 10.0. The van der Waals surface area contributed by atoms with Crippen LogP contribution in [0.5, 0.6) is 0 Å². The van der Waals surface area contributed by atoms with Crippen LogP contribution in [-0.4, -0.2) is 26.4 Å². The summed E-state index contributed by atoms with van der Waals surface area (Å²) < 4.78 is 0. The van der Waals surface area contributed by atoms with Gasteiger partial charge in [-0.25, -0.2) is 0 Å². The Balaban J connectivity index is 2.71. The molecule has 0 aromatic heterocycles. The lowest BCUT2D eigenvalue weighted by molar-refractivity contribution is 0.911. The van der Waals surface area contributed by atoms with Gasteiger partial charge in [0.05, 0.1) is 0 Å². The van der Waals surface area contributed by atoms with Crippen LogP contribution in [0.1, 0.15) is 20.3 Å². The Morgan fingerprint density at radius 2 is 2.12 bits per heavy atom. The van der Waals surface area contributed by atoms with Gasteiger partial charge >= 0.3 is 0 Å². The zero-order valence-corrected chi connectivity index (χ0v) is 10.7. The summed E-state index contributed by atoms with van der Waals surface area (Å²) in [5.41, 5.74) is 3.89. The van der Waals surface area contributed by atoms with Gasteiger partial charge < -0.3 is 5.32 Å². The molecule has 0 aromatic rings. The molecule has 0 saturated carbocycles. The second-order valence-electron chi connectivity index (χ2n) is 4.34. The van der Waals surface area contributed by atoms with E-state index in [0.717, 1.165) is 13.0 Å². The van der Waals surface area contributed by atoms with Gasteiger partial charge in [-0.05, 0) is 25.5 Å². The summed E-state index contributed by atoms with van der Waals surface area (Å²) in [5.74, 6) is 0.512. The van der Waals surface area contributed by atoms with Gasteiger partial charge in [-0.3, -0.25) is 4.99 Å². The van der Waals surface area contributed by atoms with Crippen molar-refractivity contribution in [2.75, 3.05) is 20.6 Å². The minimum atomic E-state index is 0.512. The number of aliphatic imine (C=N–C) groups is 1. The van der Waals surface area contributed by atoms with E-state index < -0.39 is 0 Å². The Morgan fingerprint density at radius 3 is 2.75 bits per heavy atom. The largest absolute Gasteiger partial charge is 0.315 e. The molecule has 0 amide bonds. The number of nitrogens with zero attached hydrogens (tertiary/aromatic N) is 1. The van der Waals surface area contributed by atoms with Crippen molar-refractivity contribution in [2.45, 2.75) is 20.3 Å². The zero-order valence-electron chi connectivity index (χ0n) is 10.7. The fourth-order valence-corrected chi connectivity index (χ4v) is 1.93. The maximum absolute atomic E-state index is 4.31. The fraction of sp³-hybridized carbons (Fsp3) is 0.500. The summed E-state index contributed by atoms with van der Waals surface area (Å²) in [7, 11) is 3.82. The van der Waals surface area contributed by atoms with Crippen LogP contribution >= 0.6 is 0 Å². The first-order chi connectivity index (χ1) is 7.65. The number of allylic oxidation sites excluding steroid dienone is 6. The van der Waals surface area contributed by atoms with Crippen LogP contribution in [0.25, 0.3) is 0 Å². The highest BCUT2D eigenvalue weighted by Crippen LogP contribution is 2.17. The van der Waals surface area contributed by atoms with Crippen LogP contribution in [0.3, 0.4) is 0 Å². The lowest BCUT2D eigenvalue weighted by Gasteiger charge is -2.07. The molecule has 0 saturated heterocycles. The Hall–Kier alpha value is -1.15. The predicted molar refractivity (Wildman–Crippen MR) is 72.0 cm³/mol. The van der Waals surface area contributed by atoms with Gasteiger partial charge in [0, 0.05) is 25.7 Å². The molecule has 1 aliphatic rings. The second kappa shape index (κ2) is 6.44. The monoisotopic (exact) mass is 218 g/mol. The van der Waals surface area contributed by atoms with Crippen molar-refractivity contribution >= 4 is 5.71 Å². The molecule has 0 heterocycles. The Kier molecular flexibility index (Phi) is 5.20. The molecule has 88 valence electrons. The molecule has 1 aliphatic carbocycles. The van der Waals surface area contributed by atoms with Crippen molar-refractivity contribution in [1.29, 1.82) is 0 Å². The molecule has 1 atom stereocenters. The van der Waals surface area contributed by atoms with Crippen molar-refractivity contribution < 1.29 is 0 Å². The molecule has 1 unspecified atom stereocenters. The van der Waals surface area contributed by atoms with Gasteiger partial charge in [0.15, 0.2) is 0 Å². The first-order valence-corrected chi connectivity index (χ1v) is 5.82. The maximum atomic E-state index is 4.31. The molecular formula is C14H22N2. The van der Waals surface area contributed by atoms with Gasteiger partial charge in [-0.15, -0.1) is 0 Å². The van der Waals surface area contributed by atoms with E-state index in [4.69, 9.17) is 0 Å². The predicted octanol–water partition coefficient (Wildman–Crippen LogP) is 2.75. The van der Waals surface area contributed by atoms with Gasteiger partial charge in [-0.1, -0.05) is 36.8 Å². The third kappa shape index (κ3) is 4.15. The van der Waals surface area contributed by atoms with E-state index in [1.54, 1.807) is 0 Å². The van der Waals surface area contributed by atoms with Gasteiger partial charge in [-0.2, -0.15) is 0 Å². The normalized spacial score (nSPS) is 21.5. The molecule has 0 aromatic carbocycles. The topological polar surface area (TPSA) is 24.4 Å². The molecule has 0 fully saturated rings. The van der Waals surface area contributed by atoms with E-state index in [-0.39, 0.29) is 0 Å². The smallest absolute Gasteiger partial charge is 0.0336 e. The lowest BCUT2D eigenvalue weighted by Crippen LogP contribution is -2.19. The first-order valence-electron chi connectivity index (χ1n) is 5.82. The second-order valence-corrected chi connectivity index (χ2v) is 4.34. The van der Waals surface area contributed by atoms with Gasteiger partial charge in [0.25, 0.3) is 0 Å². The summed E-state index contributed by atoms with van der Waals surface area (Å²) in [6.07, 6.45) is 9.93. The van der Waals surface area contributed by atoms with E-state index >= 15 is 0 Å². The van der Waals surface area contributed by atoms with Crippen LogP contribution in [0.4, 0.5) is 0 Å². The van der Waals surface area contributed by atoms with Gasteiger partial charge in [0.1, 0.15) is 0 Å². The molecule has 2 heteroatoms. The molecule has 0 spiro atoms.